The van der Waals surface area contributed by atoms with Crippen molar-refractivity contribution >= 4 is 16.9 Å². The number of para-hydroxylation sites is 1. The zero-order valence-corrected chi connectivity index (χ0v) is 13.7. The Morgan fingerprint density at radius 2 is 1.80 bits per heavy atom. The molecule has 0 spiro atoms. The molecule has 0 radical (unpaired) electrons. The number of hydrogen-bond donors (Lipinski definition) is 1. The van der Waals surface area contributed by atoms with Crippen LogP contribution in [0.2, 0.25) is 0 Å². The number of benzene rings is 2. The van der Waals surface area contributed by atoms with Crippen LogP contribution in [-0.2, 0) is 4.79 Å². The van der Waals surface area contributed by atoms with E-state index >= 15 is 0 Å². The molecule has 0 aliphatic carbocycles. The molecule has 1 atom stereocenters. The highest BCUT2D eigenvalue weighted by molar-refractivity contribution is 5.82. The van der Waals surface area contributed by atoms with E-state index in [1.165, 1.54) is 6.92 Å². The fourth-order valence-electron chi connectivity index (χ4n) is 2.39. The minimum absolute atomic E-state index is 0.126. The molecule has 0 aliphatic heterocycles. The van der Waals surface area contributed by atoms with Crippen LogP contribution in [0.1, 0.15) is 6.92 Å². The number of fused-ring (bicyclic) bond motifs is 1. The van der Waals surface area contributed by atoms with Gasteiger partial charge < -0.3 is 19.0 Å². The minimum Gasteiger partial charge on any atom is -0.497 e. The minimum atomic E-state index is -1.19. The zero-order chi connectivity index (χ0) is 18.0. The van der Waals surface area contributed by atoms with Gasteiger partial charge in [-0.2, -0.15) is 0 Å². The molecule has 0 unspecified atom stereocenters. The van der Waals surface area contributed by atoms with E-state index in [4.69, 9.17) is 19.0 Å². The lowest BCUT2D eigenvalue weighted by Gasteiger charge is -2.14. The van der Waals surface area contributed by atoms with E-state index in [1.807, 2.05) is 0 Å². The van der Waals surface area contributed by atoms with Crippen molar-refractivity contribution in [2.24, 2.45) is 0 Å². The largest absolute Gasteiger partial charge is 0.497 e. The summed E-state index contributed by atoms with van der Waals surface area (Å²) < 4.78 is 16.4. The average molecular weight is 340 g/mol. The average Bonchev–Trinajstić information content (AvgIpc) is 2.63. The lowest BCUT2D eigenvalue weighted by Crippen LogP contribution is -2.26. The molecular weight excluding hydrogens is 324 g/mol. The Kier molecular flexibility index (Phi) is 4.43. The van der Waals surface area contributed by atoms with Gasteiger partial charge in [-0.25, -0.2) is 4.79 Å². The summed E-state index contributed by atoms with van der Waals surface area (Å²) in [5.41, 5.74) is 0.561. The van der Waals surface area contributed by atoms with Crippen LogP contribution in [0.15, 0.2) is 57.7 Å². The Balaban J connectivity index is 2.23. The van der Waals surface area contributed by atoms with Crippen LogP contribution in [0.5, 0.6) is 11.5 Å². The maximum absolute atomic E-state index is 12.8. The van der Waals surface area contributed by atoms with Gasteiger partial charge >= 0.3 is 5.97 Å². The highest BCUT2D eigenvalue weighted by Gasteiger charge is 2.22. The Labute approximate surface area is 143 Å². The van der Waals surface area contributed by atoms with Crippen LogP contribution in [-0.4, -0.2) is 24.3 Å². The number of ether oxygens (including phenoxy) is 2. The quantitative estimate of drug-likeness (QED) is 0.767. The molecule has 3 aromatic rings. The normalized spacial score (nSPS) is 11.9. The topological polar surface area (TPSA) is 86.0 Å². The van der Waals surface area contributed by atoms with Gasteiger partial charge in [0.1, 0.15) is 11.3 Å². The summed E-state index contributed by atoms with van der Waals surface area (Å²) in [5, 5.41) is 9.43. The molecule has 0 saturated carbocycles. The molecule has 0 saturated heterocycles. The summed E-state index contributed by atoms with van der Waals surface area (Å²) in [6.07, 6.45) is -1.19. The maximum atomic E-state index is 12.8. The molecule has 3 rings (SSSR count). The molecule has 0 aliphatic rings. The van der Waals surface area contributed by atoms with Crippen molar-refractivity contribution in [1.29, 1.82) is 0 Å². The van der Waals surface area contributed by atoms with E-state index in [2.05, 4.69) is 0 Å². The third-order valence-corrected chi connectivity index (χ3v) is 3.75. The summed E-state index contributed by atoms with van der Waals surface area (Å²) in [7, 11) is 1.55. The highest BCUT2D eigenvalue weighted by atomic mass is 16.5. The van der Waals surface area contributed by atoms with Gasteiger partial charge in [-0.1, -0.05) is 12.1 Å². The molecule has 1 heterocycles. The van der Waals surface area contributed by atoms with Gasteiger partial charge in [-0.05, 0) is 43.3 Å². The number of carbonyl (C=O) groups is 1. The Morgan fingerprint density at radius 3 is 2.44 bits per heavy atom. The summed E-state index contributed by atoms with van der Waals surface area (Å²) in [6.45, 7) is 1.36. The summed E-state index contributed by atoms with van der Waals surface area (Å²) in [4.78, 5) is 23.9. The molecule has 2 aromatic carbocycles. The van der Waals surface area contributed by atoms with Gasteiger partial charge in [0.2, 0.25) is 11.2 Å². The first-order valence-corrected chi connectivity index (χ1v) is 7.61. The van der Waals surface area contributed by atoms with Crippen molar-refractivity contribution in [2.45, 2.75) is 13.0 Å². The molecule has 0 fully saturated rings. The first kappa shape index (κ1) is 16.6. The first-order valence-electron chi connectivity index (χ1n) is 7.61. The fourth-order valence-corrected chi connectivity index (χ4v) is 2.39. The van der Waals surface area contributed by atoms with Gasteiger partial charge in [0, 0.05) is 5.56 Å². The lowest BCUT2D eigenvalue weighted by atomic mass is 10.1. The van der Waals surface area contributed by atoms with E-state index in [1.54, 1.807) is 55.6 Å². The number of aliphatic carboxylic acids is 1. The van der Waals surface area contributed by atoms with Crippen LogP contribution in [0.4, 0.5) is 0 Å². The van der Waals surface area contributed by atoms with Crippen LogP contribution in [0.25, 0.3) is 22.3 Å². The predicted molar refractivity (Wildman–Crippen MR) is 92.2 cm³/mol. The molecule has 25 heavy (non-hydrogen) atoms. The van der Waals surface area contributed by atoms with Crippen LogP contribution >= 0.6 is 0 Å². The highest BCUT2D eigenvalue weighted by Crippen LogP contribution is 2.32. The number of carboxylic acid groups (broad SMARTS) is 1. The van der Waals surface area contributed by atoms with E-state index in [0.717, 1.165) is 0 Å². The van der Waals surface area contributed by atoms with Crippen molar-refractivity contribution in [3.63, 3.8) is 0 Å². The van der Waals surface area contributed by atoms with Crippen LogP contribution in [0, 0.1) is 0 Å². The van der Waals surface area contributed by atoms with Gasteiger partial charge in [0.15, 0.2) is 11.9 Å². The van der Waals surface area contributed by atoms with E-state index in [-0.39, 0.29) is 11.5 Å². The monoisotopic (exact) mass is 340 g/mol. The summed E-state index contributed by atoms with van der Waals surface area (Å²) in [6, 6.07) is 13.6. The number of carboxylic acids is 1. The molecule has 0 amide bonds. The fraction of sp³-hybridized carbons (Fsp3) is 0.158. The van der Waals surface area contributed by atoms with Crippen molar-refractivity contribution in [3.8, 4) is 22.8 Å². The Morgan fingerprint density at radius 1 is 1.12 bits per heavy atom. The second-order valence-corrected chi connectivity index (χ2v) is 5.41. The van der Waals surface area contributed by atoms with Crippen molar-refractivity contribution in [3.05, 3.63) is 58.8 Å². The molecule has 6 heteroatoms. The molecular formula is C19H16O6. The SMILES string of the molecule is COc1ccc(-c2oc3ccccc3c(=O)c2O[C@@H](C)C(=O)O)cc1. The predicted octanol–water partition coefficient (Wildman–Crippen LogP) is 3.32. The van der Waals surface area contributed by atoms with E-state index in [9.17, 15) is 9.59 Å². The van der Waals surface area contributed by atoms with Crippen LogP contribution < -0.4 is 14.9 Å². The van der Waals surface area contributed by atoms with Crippen molar-refractivity contribution in [2.75, 3.05) is 7.11 Å². The molecule has 0 bridgehead atoms. The van der Waals surface area contributed by atoms with Gasteiger partial charge in [0.25, 0.3) is 0 Å². The van der Waals surface area contributed by atoms with Crippen molar-refractivity contribution < 1.29 is 23.8 Å². The van der Waals surface area contributed by atoms with Crippen molar-refractivity contribution in [1.82, 2.24) is 0 Å². The molecule has 6 nitrogen and oxygen atoms in total. The second-order valence-electron chi connectivity index (χ2n) is 5.41. The zero-order valence-electron chi connectivity index (χ0n) is 13.7. The number of methoxy groups -OCH3 is 1. The summed E-state index contributed by atoms with van der Waals surface area (Å²) >= 11 is 0. The van der Waals surface area contributed by atoms with Gasteiger partial charge in [0.05, 0.1) is 12.5 Å². The van der Waals surface area contributed by atoms with Crippen LogP contribution in [0.3, 0.4) is 0 Å². The molecule has 128 valence electrons. The maximum Gasteiger partial charge on any atom is 0.344 e. The van der Waals surface area contributed by atoms with Gasteiger partial charge in [-0.3, -0.25) is 4.79 Å². The first-order chi connectivity index (χ1) is 12.0. The smallest absolute Gasteiger partial charge is 0.344 e. The Bertz CT molecular complexity index is 971. The molecule has 1 N–H and O–H groups in total. The number of rotatable bonds is 5. The third kappa shape index (κ3) is 3.19. The number of hydrogen-bond acceptors (Lipinski definition) is 5. The lowest BCUT2D eigenvalue weighted by molar-refractivity contribution is -0.144. The third-order valence-electron chi connectivity index (χ3n) is 3.75. The standard InChI is InChI=1S/C19H16O6/c1-11(19(21)22)24-18-16(20)14-5-3-4-6-15(14)25-17(18)12-7-9-13(23-2)10-8-12/h3-11H,1-2H3,(H,21,22)/t11-/m0/s1. The second kappa shape index (κ2) is 6.68. The van der Waals surface area contributed by atoms with E-state index < -0.39 is 17.5 Å². The molecule has 1 aromatic heterocycles. The Hall–Kier alpha value is -3.28. The van der Waals surface area contributed by atoms with E-state index in [0.29, 0.717) is 22.3 Å². The summed E-state index contributed by atoms with van der Waals surface area (Å²) in [5.74, 6) is -0.472. The van der Waals surface area contributed by atoms with Gasteiger partial charge in [-0.15, -0.1) is 0 Å².